The second-order valence-electron chi connectivity index (χ2n) is 7.63. The van der Waals surface area contributed by atoms with Crippen molar-refractivity contribution in [1.82, 2.24) is 10.2 Å². The van der Waals surface area contributed by atoms with E-state index in [1.165, 1.54) is 18.2 Å². The standard InChI is InChI=1S/C23H28N2O3/c1-16(2)14-20(24-22(26)19-10-6-7-11-21(19)28-3)23(27)25-13-12-17-8-4-5-9-18(17)15-25/h4-11,16,20H,12-15H2,1-3H3,(H,24,26)/t20-/m0/s1. The number of ether oxygens (including phenoxy) is 1. The van der Waals surface area contributed by atoms with Gasteiger partial charge in [0.25, 0.3) is 5.91 Å². The molecule has 0 aliphatic carbocycles. The Morgan fingerprint density at radius 1 is 1.07 bits per heavy atom. The fraction of sp³-hybridized carbons (Fsp3) is 0.391. The lowest BCUT2D eigenvalue weighted by atomic mass is 9.97. The van der Waals surface area contributed by atoms with E-state index < -0.39 is 6.04 Å². The maximum absolute atomic E-state index is 13.2. The molecule has 0 radical (unpaired) electrons. The highest BCUT2D eigenvalue weighted by molar-refractivity contribution is 5.99. The molecule has 148 valence electrons. The first kappa shape index (κ1) is 19.9. The molecule has 1 atom stereocenters. The molecular weight excluding hydrogens is 352 g/mol. The summed E-state index contributed by atoms with van der Waals surface area (Å²) in [4.78, 5) is 27.9. The van der Waals surface area contributed by atoms with E-state index >= 15 is 0 Å². The van der Waals surface area contributed by atoms with Crippen molar-refractivity contribution in [2.24, 2.45) is 5.92 Å². The third-order valence-corrected chi connectivity index (χ3v) is 5.10. The third kappa shape index (κ3) is 4.53. The lowest BCUT2D eigenvalue weighted by Crippen LogP contribution is -2.50. The number of fused-ring (bicyclic) bond motifs is 1. The van der Waals surface area contributed by atoms with Crippen LogP contribution in [0.4, 0.5) is 0 Å². The van der Waals surface area contributed by atoms with Crippen LogP contribution in [-0.4, -0.2) is 36.4 Å². The first-order chi connectivity index (χ1) is 13.5. The lowest BCUT2D eigenvalue weighted by Gasteiger charge is -2.32. The maximum Gasteiger partial charge on any atom is 0.255 e. The predicted molar refractivity (Wildman–Crippen MR) is 109 cm³/mol. The Morgan fingerprint density at radius 3 is 2.46 bits per heavy atom. The molecule has 0 saturated heterocycles. The summed E-state index contributed by atoms with van der Waals surface area (Å²) < 4.78 is 5.29. The van der Waals surface area contributed by atoms with E-state index in [9.17, 15) is 9.59 Å². The summed E-state index contributed by atoms with van der Waals surface area (Å²) in [6.45, 7) is 5.38. The largest absolute Gasteiger partial charge is 0.496 e. The van der Waals surface area contributed by atoms with Crippen LogP contribution in [0, 0.1) is 5.92 Å². The van der Waals surface area contributed by atoms with Gasteiger partial charge in [-0.1, -0.05) is 50.2 Å². The minimum Gasteiger partial charge on any atom is -0.496 e. The highest BCUT2D eigenvalue weighted by Gasteiger charge is 2.29. The molecule has 1 aliphatic heterocycles. The molecule has 0 unspecified atom stereocenters. The smallest absolute Gasteiger partial charge is 0.255 e. The van der Waals surface area contributed by atoms with Crippen molar-refractivity contribution in [2.75, 3.05) is 13.7 Å². The highest BCUT2D eigenvalue weighted by Crippen LogP contribution is 2.21. The molecule has 1 heterocycles. The van der Waals surface area contributed by atoms with Crippen molar-refractivity contribution in [3.63, 3.8) is 0 Å². The molecular formula is C23H28N2O3. The van der Waals surface area contributed by atoms with Crippen molar-refractivity contribution < 1.29 is 14.3 Å². The molecule has 5 heteroatoms. The zero-order valence-electron chi connectivity index (χ0n) is 16.8. The van der Waals surface area contributed by atoms with Crippen LogP contribution < -0.4 is 10.1 Å². The molecule has 3 rings (SSSR count). The molecule has 28 heavy (non-hydrogen) atoms. The summed E-state index contributed by atoms with van der Waals surface area (Å²) in [6, 6.07) is 14.7. The molecule has 0 bridgehead atoms. The number of hydrogen-bond acceptors (Lipinski definition) is 3. The van der Waals surface area contributed by atoms with E-state index in [1.54, 1.807) is 18.2 Å². The first-order valence-corrected chi connectivity index (χ1v) is 9.79. The monoisotopic (exact) mass is 380 g/mol. The molecule has 5 nitrogen and oxygen atoms in total. The van der Waals surface area contributed by atoms with E-state index in [4.69, 9.17) is 4.74 Å². The molecule has 2 amide bonds. The SMILES string of the molecule is COc1ccccc1C(=O)N[C@@H](CC(C)C)C(=O)N1CCc2ccccc2C1. The van der Waals surface area contributed by atoms with Gasteiger partial charge in [0.2, 0.25) is 5.91 Å². The number of nitrogens with one attached hydrogen (secondary N) is 1. The normalized spacial score (nSPS) is 14.4. The van der Waals surface area contributed by atoms with Gasteiger partial charge in [-0.15, -0.1) is 0 Å². The van der Waals surface area contributed by atoms with E-state index in [1.807, 2.05) is 23.1 Å². The van der Waals surface area contributed by atoms with E-state index in [2.05, 4.69) is 31.3 Å². The average Bonchev–Trinajstić information content (AvgIpc) is 2.71. The van der Waals surface area contributed by atoms with Gasteiger partial charge < -0.3 is 15.0 Å². The Hall–Kier alpha value is -2.82. The summed E-state index contributed by atoms with van der Waals surface area (Å²) in [7, 11) is 1.54. The number of rotatable bonds is 6. The topological polar surface area (TPSA) is 58.6 Å². The third-order valence-electron chi connectivity index (χ3n) is 5.10. The predicted octanol–water partition coefficient (Wildman–Crippen LogP) is 3.42. The molecule has 0 spiro atoms. The van der Waals surface area contributed by atoms with Crippen molar-refractivity contribution in [3.05, 3.63) is 65.2 Å². The molecule has 1 N–H and O–H groups in total. The summed E-state index contributed by atoms with van der Waals surface area (Å²) in [5, 5.41) is 2.95. The minimum atomic E-state index is -0.553. The van der Waals surface area contributed by atoms with Gasteiger partial charge in [-0.25, -0.2) is 0 Å². The molecule has 0 saturated carbocycles. The van der Waals surface area contributed by atoms with Crippen molar-refractivity contribution in [3.8, 4) is 5.75 Å². The summed E-state index contributed by atoms with van der Waals surface area (Å²) in [5.41, 5.74) is 2.92. The number of hydrogen-bond donors (Lipinski definition) is 1. The van der Waals surface area contributed by atoms with Crippen LogP contribution in [0.1, 0.15) is 41.8 Å². The zero-order chi connectivity index (χ0) is 20.1. The second kappa shape index (κ2) is 8.91. The van der Waals surface area contributed by atoms with Gasteiger partial charge in [-0.3, -0.25) is 9.59 Å². The van der Waals surface area contributed by atoms with Crippen LogP contribution in [0.5, 0.6) is 5.75 Å². The van der Waals surface area contributed by atoms with Gasteiger partial charge in [0, 0.05) is 13.1 Å². The Balaban J connectivity index is 1.76. The number of nitrogens with zero attached hydrogens (tertiary/aromatic N) is 1. The average molecular weight is 380 g/mol. The molecule has 0 aromatic heterocycles. The molecule has 2 aromatic rings. The Kier molecular flexibility index (Phi) is 6.34. The fourth-order valence-corrected chi connectivity index (χ4v) is 3.67. The Bertz CT molecular complexity index is 847. The van der Waals surface area contributed by atoms with Gasteiger partial charge in [-0.2, -0.15) is 0 Å². The highest BCUT2D eigenvalue weighted by atomic mass is 16.5. The van der Waals surface area contributed by atoms with Crippen LogP contribution in [-0.2, 0) is 17.8 Å². The number of amides is 2. The molecule has 2 aromatic carbocycles. The van der Waals surface area contributed by atoms with E-state index in [0.29, 0.717) is 30.8 Å². The maximum atomic E-state index is 13.2. The van der Waals surface area contributed by atoms with Gasteiger partial charge >= 0.3 is 0 Å². The number of para-hydroxylation sites is 1. The number of benzene rings is 2. The van der Waals surface area contributed by atoms with E-state index in [-0.39, 0.29) is 17.7 Å². The lowest BCUT2D eigenvalue weighted by molar-refractivity contribution is -0.134. The first-order valence-electron chi connectivity index (χ1n) is 9.79. The van der Waals surface area contributed by atoms with Gasteiger partial charge in [0.15, 0.2) is 0 Å². The van der Waals surface area contributed by atoms with Crippen LogP contribution in [0.2, 0.25) is 0 Å². The zero-order valence-corrected chi connectivity index (χ0v) is 16.8. The second-order valence-corrected chi connectivity index (χ2v) is 7.63. The van der Waals surface area contributed by atoms with Crippen LogP contribution in [0.25, 0.3) is 0 Å². The number of carbonyl (C=O) groups is 2. The van der Waals surface area contributed by atoms with Gasteiger partial charge in [0.05, 0.1) is 12.7 Å². The Labute approximate surface area is 166 Å². The molecule has 1 aliphatic rings. The minimum absolute atomic E-state index is 0.0218. The van der Waals surface area contributed by atoms with Crippen LogP contribution in [0.3, 0.4) is 0 Å². The quantitative estimate of drug-likeness (QED) is 0.835. The summed E-state index contributed by atoms with van der Waals surface area (Å²) >= 11 is 0. The summed E-state index contributed by atoms with van der Waals surface area (Å²) in [5.74, 6) is 0.479. The Morgan fingerprint density at radius 2 is 1.75 bits per heavy atom. The number of methoxy groups -OCH3 is 1. The van der Waals surface area contributed by atoms with Gasteiger partial charge in [0.1, 0.15) is 11.8 Å². The van der Waals surface area contributed by atoms with Crippen LogP contribution >= 0.6 is 0 Å². The van der Waals surface area contributed by atoms with Crippen molar-refractivity contribution >= 4 is 11.8 Å². The number of carbonyl (C=O) groups excluding carboxylic acids is 2. The summed E-state index contributed by atoms with van der Waals surface area (Å²) in [6.07, 6.45) is 1.44. The molecule has 0 fully saturated rings. The van der Waals surface area contributed by atoms with E-state index in [0.717, 1.165) is 6.42 Å². The van der Waals surface area contributed by atoms with Crippen LogP contribution in [0.15, 0.2) is 48.5 Å². The fourth-order valence-electron chi connectivity index (χ4n) is 3.67. The van der Waals surface area contributed by atoms with Crippen molar-refractivity contribution in [1.29, 1.82) is 0 Å². The van der Waals surface area contributed by atoms with Crippen molar-refractivity contribution in [2.45, 2.75) is 39.3 Å². The van der Waals surface area contributed by atoms with Gasteiger partial charge in [-0.05, 0) is 42.0 Å².